The first-order valence-electron chi connectivity index (χ1n) is 19.2. The highest BCUT2D eigenvalue weighted by Gasteiger charge is 2.38. The number of ether oxygens (including phenoxy) is 1. The summed E-state index contributed by atoms with van der Waals surface area (Å²) in [5.41, 5.74) is 10.1. The Hall–Kier alpha value is -5.95. The number of nitrogens with zero attached hydrogens (tertiary/aromatic N) is 6. The van der Waals surface area contributed by atoms with Crippen molar-refractivity contribution < 1.29 is 42.2 Å². The van der Waals surface area contributed by atoms with E-state index in [0.29, 0.717) is 36.5 Å². The molecule has 0 radical (unpaired) electrons. The molecule has 2 fully saturated rings. The van der Waals surface area contributed by atoms with E-state index in [1.165, 1.54) is 4.90 Å². The van der Waals surface area contributed by atoms with Crippen molar-refractivity contribution >= 4 is 35.4 Å². The molecule has 2 aromatic heterocycles. The first kappa shape index (κ1) is 44.2. The molecule has 1 saturated heterocycles. The number of carbonyl (C=O) groups excluding carboxylic acids is 3. The number of carbonyl (C=O) groups is 4. The number of alkyl halides is 3. The van der Waals surface area contributed by atoms with Crippen LogP contribution in [-0.2, 0) is 25.5 Å². The fraction of sp³-hybridized carbons (Fsp3) is 0.450. The highest BCUT2D eigenvalue weighted by molar-refractivity contribution is 6.17. The lowest BCUT2D eigenvalue weighted by atomic mass is 9.81. The Morgan fingerprint density at radius 3 is 2.15 bits per heavy atom. The van der Waals surface area contributed by atoms with Gasteiger partial charge >= 0.3 is 18.2 Å². The second-order valence-corrected chi connectivity index (χ2v) is 15.3. The summed E-state index contributed by atoms with van der Waals surface area (Å²) < 4.78 is 37.1. The lowest BCUT2D eigenvalue weighted by molar-refractivity contribution is -0.192. The summed E-state index contributed by atoms with van der Waals surface area (Å²) in [6.45, 7) is 9.64. The van der Waals surface area contributed by atoms with Gasteiger partial charge < -0.3 is 31.1 Å². The molecular weight excluding hydrogens is 773 g/mol. The van der Waals surface area contributed by atoms with E-state index >= 15 is 0 Å². The Morgan fingerprint density at radius 2 is 1.58 bits per heavy atom. The zero-order valence-corrected chi connectivity index (χ0v) is 33.0. The van der Waals surface area contributed by atoms with Crippen molar-refractivity contribution in [2.75, 3.05) is 42.5 Å². The Morgan fingerprint density at radius 1 is 0.949 bits per heavy atom. The highest BCUT2D eigenvalue weighted by Crippen LogP contribution is 2.32. The molecule has 3 amide bonds. The van der Waals surface area contributed by atoms with Crippen LogP contribution in [0, 0.1) is 11.8 Å². The van der Waals surface area contributed by atoms with Gasteiger partial charge in [-0.25, -0.2) is 19.5 Å². The molecule has 4 aromatic rings. The van der Waals surface area contributed by atoms with Crippen LogP contribution in [0.2, 0.25) is 0 Å². The van der Waals surface area contributed by atoms with E-state index in [1.807, 2.05) is 57.3 Å². The number of benzene rings is 2. The van der Waals surface area contributed by atoms with Crippen molar-refractivity contribution in [1.82, 2.24) is 36.2 Å². The third kappa shape index (κ3) is 12.8. The molecule has 0 unspecified atom stereocenters. The number of aromatic nitrogens is 5. The summed E-state index contributed by atoms with van der Waals surface area (Å²) in [4.78, 5) is 57.5. The Bertz CT molecular complexity index is 2010. The van der Waals surface area contributed by atoms with Gasteiger partial charge in [0.05, 0.1) is 11.7 Å². The van der Waals surface area contributed by atoms with Crippen LogP contribution in [-0.4, -0.2) is 105 Å². The van der Waals surface area contributed by atoms with Crippen molar-refractivity contribution in [3.63, 3.8) is 0 Å². The van der Waals surface area contributed by atoms with Gasteiger partial charge in [0.15, 0.2) is 0 Å². The molecule has 16 nitrogen and oxygen atoms in total. The molecule has 316 valence electrons. The van der Waals surface area contributed by atoms with Crippen molar-refractivity contribution in [2.24, 2.45) is 17.6 Å². The normalized spacial score (nSPS) is 17.5. The van der Waals surface area contributed by atoms with Gasteiger partial charge in [0.2, 0.25) is 11.7 Å². The number of hydrogen-bond donors (Lipinski definition) is 5. The van der Waals surface area contributed by atoms with Gasteiger partial charge in [-0.05, 0) is 117 Å². The largest absolute Gasteiger partial charge is 0.490 e. The smallest absolute Gasteiger partial charge is 0.475 e. The molecule has 19 heteroatoms. The first-order chi connectivity index (χ1) is 28.0. The minimum Gasteiger partial charge on any atom is -0.475 e. The van der Waals surface area contributed by atoms with E-state index in [9.17, 15) is 27.6 Å². The molecule has 1 saturated carbocycles. The van der Waals surface area contributed by atoms with Gasteiger partial charge in [-0.15, -0.1) is 10.2 Å². The van der Waals surface area contributed by atoms with Gasteiger partial charge in [0.1, 0.15) is 11.4 Å². The maximum atomic E-state index is 14.2. The second-order valence-electron chi connectivity index (χ2n) is 15.3. The number of amides is 3. The Kier molecular flexibility index (Phi) is 14.7. The van der Waals surface area contributed by atoms with Crippen LogP contribution in [0.5, 0.6) is 0 Å². The number of carboxylic acid groups (broad SMARTS) is 1. The number of alkyl carbamates (subject to hydrolysis) is 1. The number of rotatable bonds is 10. The maximum Gasteiger partial charge on any atom is 0.490 e. The molecule has 3 heterocycles. The van der Waals surface area contributed by atoms with E-state index in [-0.39, 0.29) is 24.2 Å². The summed E-state index contributed by atoms with van der Waals surface area (Å²) in [5, 5.41) is 27.5. The summed E-state index contributed by atoms with van der Waals surface area (Å²) >= 11 is 0. The van der Waals surface area contributed by atoms with E-state index in [1.54, 1.807) is 24.3 Å². The van der Waals surface area contributed by atoms with Crippen LogP contribution in [0.4, 0.5) is 29.5 Å². The minimum atomic E-state index is -5.08. The molecule has 2 aliphatic rings. The molecule has 6 N–H and O–H groups in total. The minimum absolute atomic E-state index is 0.209. The lowest BCUT2D eigenvalue weighted by Gasteiger charge is -2.32. The van der Waals surface area contributed by atoms with Crippen LogP contribution >= 0.6 is 0 Å². The van der Waals surface area contributed by atoms with Gasteiger partial charge in [-0.3, -0.25) is 9.59 Å². The molecule has 6 rings (SSSR count). The van der Waals surface area contributed by atoms with Gasteiger partial charge in [-0.2, -0.15) is 18.4 Å². The molecular formula is C40H49F3N10O6. The number of hydrogen-bond acceptors (Lipinski definition) is 12. The number of nitrogens with two attached hydrogens (primary N) is 1. The van der Waals surface area contributed by atoms with Crippen LogP contribution in [0.15, 0.2) is 66.9 Å². The number of tetrazole rings is 1. The third-order valence-electron chi connectivity index (χ3n) is 9.79. The van der Waals surface area contributed by atoms with Gasteiger partial charge in [0, 0.05) is 50.4 Å². The molecule has 0 spiro atoms. The van der Waals surface area contributed by atoms with Crippen LogP contribution in [0.1, 0.15) is 52.0 Å². The van der Waals surface area contributed by atoms with Crippen molar-refractivity contribution in [3.8, 4) is 22.5 Å². The van der Waals surface area contributed by atoms with Crippen LogP contribution in [0.25, 0.3) is 22.5 Å². The van der Waals surface area contributed by atoms with Crippen LogP contribution < -0.4 is 26.2 Å². The number of piperazine rings is 1. The number of nitrogens with one attached hydrogen (secondary N) is 3. The van der Waals surface area contributed by atoms with Crippen molar-refractivity contribution in [2.45, 2.75) is 70.7 Å². The molecule has 59 heavy (non-hydrogen) atoms. The highest BCUT2D eigenvalue weighted by atomic mass is 19.4. The quantitative estimate of drug-likeness (QED) is 0.146. The second kappa shape index (κ2) is 19.7. The number of aromatic amines is 1. The van der Waals surface area contributed by atoms with E-state index in [4.69, 9.17) is 20.4 Å². The average molecular weight is 823 g/mol. The van der Waals surface area contributed by atoms with E-state index < -0.39 is 35.8 Å². The Balaban J connectivity index is 0.000000867. The lowest BCUT2D eigenvalue weighted by Crippen LogP contribution is -2.50. The van der Waals surface area contributed by atoms with Crippen molar-refractivity contribution in [3.05, 3.63) is 72.4 Å². The number of halogens is 3. The van der Waals surface area contributed by atoms with Crippen molar-refractivity contribution in [1.29, 1.82) is 0 Å². The predicted octanol–water partition coefficient (Wildman–Crippen LogP) is 4.73. The monoisotopic (exact) mass is 822 g/mol. The average Bonchev–Trinajstić information content (AvgIpc) is 3.76. The fourth-order valence-electron chi connectivity index (χ4n) is 6.75. The topological polar surface area (TPSA) is 222 Å². The number of carboxylic acids is 1. The summed E-state index contributed by atoms with van der Waals surface area (Å²) in [7, 11) is 0. The third-order valence-corrected chi connectivity index (χ3v) is 9.79. The predicted molar refractivity (Wildman–Crippen MR) is 212 cm³/mol. The molecule has 1 aliphatic heterocycles. The van der Waals surface area contributed by atoms with E-state index in [0.717, 1.165) is 61.5 Å². The number of imide groups is 1. The van der Waals surface area contributed by atoms with Gasteiger partial charge in [-0.1, -0.05) is 24.3 Å². The maximum absolute atomic E-state index is 14.2. The molecule has 2 aromatic carbocycles. The molecule has 0 bridgehead atoms. The number of H-pyrrole nitrogens is 1. The standard InChI is InChI=1S/C38H48N10O4.C2HF3O2/c1-38(2,3)52-37(51)42-24-26-6-10-29(11-7-26)35(49)48(31-14-12-28(13-15-31)34-43-45-46-44-34)36(50)32(39)22-25-4-8-27(9-5-25)30-16-17-41-33(23-30)47-20-18-40-19-21-47;3-2(4,5)1(6)7/h4-5,8-9,12-17,23,26,29,32,40H,6-7,10-11,18-22,24,39H2,1-3H3,(H,42,51)(H,43,44,45,46);(H,6,7)/t26?,29?,32-;/m0./s1. The summed E-state index contributed by atoms with van der Waals surface area (Å²) in [5.74, 6) is -2.30. The summed E-state index contributed by atoms with van der Waals surface area (Å²) in [6.07, 6.45) is -0.792. The number of aliphatic carboxylic acids is 1. The first-order valence-corrected chi connectivity index (χ1v) is 19.2. The van der Waals surface area contributed by atoms with Crippen LogP contribution in [0.3, 0.4) is 0 Å². The van der Waals surface area contributed by atoms with Gasteiger partial charge in [0.25, 0.3) is 5.91 Å². The van der Waals surface area contributed by atoms with E-state index in [2.05, 4.69) is 47.2 Å². The molecule has 1 atom stereocenters. The zero-order chi connectivity index (χ0) is 42.7. The zero-order valence-electron chi connectivity index (χ0n) is 33.0. The Labute approximate surface area is 339 Å². The number of anilines is 2. The SMILES string of the molecule is CC(C)(C)OC(=O)NCC1CCC(C(=O)N(C(=O)[C@@H](N)Cc2ccc(-c3ccnc(N4CCNCC4)c3)cc2)c2ccc(-c3nn[nH]n3)cc2)CC1.O=C(O)C(F)(F)F. The fourth-order valence-corrected chi connectivity index (χ4v) is 6.75. The summed E-state index contributed by atoms with van der Waals surface area (Å²) in [6, 6.07) is 18.1. The number of pyridine rings is 1. The molecule has 1 aliphatic carbocycles.